The molecule has 4 nitrogen and oxygen atoms in total. The molecule has 0 saturated carbocycles. The monoisotopic (exact) mass is 280 g/mol. The molecule has 1 fully saturated rings. The van der Waals surface area contributed by atoms with Crippen LogP contribution in [0.25, 0.3) is 0 Å². The first kappa shape index (κ1) is 20.4. The van der Waals surface area contributed by atoms with Gasteiger partial charge < -0.3 is 4.52 Å². The summed E-state index contributed by atoms with van der Waals surface area (Å²) in [4.78, 5) is 2.40. The second kappa shape index (κ2) is 11.0. The first-order valence-electron chi connectivity index (χ1n) is 7.10. The van der Waals surface area contributed by atoms with E-state index < -0.39 is 7.52 Å². The molecular formula is C13H33N2O2P. The molecule has 0 radical (unpaired) electrons. The molecule has 1 rings (SSSR count). The van der Waals surface area contributed by atoms with Crippen LogP contribution in [0.4, 0.5) is 0 Å². The van der Waals surface area contributed by atoms with Crippen molar-refractivity contribution in [3.05, 3.63) is 0 Å². The topological polar surface area (TPSA) is 32.8 Å². The molecule has 1 aliphatic heterocycles. The first-order valence-corrected chi connectivity index (χ1v) is 9.12. The van der Waals surface area contributed by atoms with Gasteiger partial charge in [0.1, 0.15) is 0 Å². The summed E-state index contributed by atoms with van der Waals surface area (Å²) in [6.45, 7) is 17.7. The standard InChI is InChI=1S/C9H21N2O2P.2C2H6/c1-9(2)10-5-7-11(8-6-10)14(4,12)13-3;2*1-2/h9H,5-8H2,1-4H3;2*1-2H3. The van der Waals surface area contributed by atoms with Crippen LogP contribution >= 0.6 is 7.52 Å². The Morgan fingerprint density at radius 1 is 1.00 bits per heavy atom. The average Bonchev–Trinajstić information content (AvgIpc) is 2.43. The highest BCUT2D eigenvalue weighted by Crippen LogP contribution is 2.46. The van der Waals surface area contributed by atoms with E-state index in [1.54, 1.807) is 6.66 Å². The van der Waals surface area contributed by atoms with Crippen molar-refractivity contribution in [1.29, 1.82) is 0 Å². The van der Waals surface area contributed by atoms with Crippen LogP contribution in [0.1, 0.15) is 41.5 Å². The van der Waals surface area contributed by atoms with Crippen LogP contribution in [0.5, 0.6) is 0 Å². The number of rotatable bonds is 3. The highest BCUT2D eigenvalue weighted by atomic mass is 31.2. The third-order valence-corrected chi connectivity index (χ3v) is 4.98. The third-order valence-electron chi connectivity index (χ3n) is 2.87. The van der Waals surface area contributed by atoms with Crippen molar-refractivity contribution in [3.63, 3.8) is 0 Å². The summed E-state index contributed by atoms with van der Waals surface area (Å²) in [7, 11) is -0.976. The molecule has 0 aromatic carbocycles. The van der Waals surface area contributed by atoms with Crippen molar-refractivity contribution in [2.75, 3.05) is 40.0 Å². The quantitative estimate of drug-likeness (QED) is 0.740. The lowest BCUT2D eigenvalue weighted by atomic mass is 10.3. The minimum absolute atomic E-state index is 0.580. The van der Waals surface area contributed by atoms with E-state index in [9.17, 15) is 4.57 Å². The van der Waals surface area contributed by atoms with Crippen LogP contribution in [-0.4, -0.2) is 55.6 Å². The van der Waals surface area contributed by atoms with Gasteiger partial charge >= 0.3 is 0 Å². The lowest BCUT2D eigenvalue weighted by molar-refractivity contribution is 0.144. The molecule has 18 heavy (non-hydrogen) atoms. The number of hydrogen-bond acceptors (Lipinski definition) is 3. The molecule has 0 aliphatic carbocycles. The zero-order valence-electron chi connectivity index (χ0n) is 13.6. The van der Waals surface area contributed by atoms with Gasteiger partial charge in [0, 0.05) is 46.0 Å². The maximum atomic E-state index is 11.9. The lowest BCUT2D eigenvalue weighted by Crippen LogP contribution is -2.47. The van der Waals surface area contributed by atoms with E-state index in [-0.39, 0.29) is 0 Å². The van der Waals surface area contributed by atoms with Crippen molar-refractivity contribution in [1.82, 2.24) is 9.57 Å². The second-order valence-electron chi connectivity index (χ2n) is 4.07. The molecule has 0 bridgehead atoms. The highest BCUT2D eigenvalue weighted by molar-refractivity contribution is 7.55. The molecule has 1 heterocycles. The molecule has 1 atom stereocenters. The minimum Gasteiger partial charge on any atom is -0.321 e. The van der Waals surface area contributed by atoms with Crippen LogP contribution in [-0.2, 0) is 9.09 Å². The van der Waals surface area contributed by atoms with E-state index in [1.165, 1.54) is 7.11 Å². The largest absolute Gasteiger partial charge is 0.321 e. The van der Waals surface area contributed by atoms with Gasteiger partial charge in [0.15, 0.2) is 0 Å². The van der Waals surface area contributed by atoms with Crippen LogP contribution < -0.4 is 0 Å². The number of piperazine rings is 1. The number of hydrogen-bond donors (Lipinski definition) is 0. The molecule has 1 unspecified atom stereocenters. The molecule has 0 spiro atoms. The van der Waals surface area contributed by atoms with Crippen molar-refractivity contribution in [2.45, 2.75) is 47.6 Å². The Morgan fingerprint density at radius 2 is 1.39 bits per heavy atom. The predicted octanol–water partition coefficient (Wildman–Crippen LogP) is 3.53. The zero-order chi connectivity index (χ0) is 14.8. The maximum Gasteiger partial charge on any atom is 0.269 e. The molecule has 0 amide bonds. The van der Waals surface area contributed by atoms with Gasteiger partial charge in [-0.15, -0.1) is 0 Å². The van der Waals surface area contributed by atoms with Gasteiger partial charge in [0.2, 0.25) is 0 Å². The summed E-state index contributed by atoms with van der Waals surface area (Å²) in [5.41, 5.74) is 0. The molecule has 112 valence electrons. The first-order chi connectivity index (χ1) is 8.47. The van der Waals surface area contributed by atoms with Crippen LogP contribution in [0.2, 0.25) is 0 Å². The fourth-order valence-corrected chi connectivity index (χ4v) is 2.84. The minimum atomic E-state index is -2.50. The average molecular weight is 280 g/mol. The Balaban J connectivity index is 0. The number of nitrogens with zero attached hydrogens (tertiary/aromatic N) is 2. The summed E-state index contributed by atoms with van der Waals surface area (Å²) >= 11 is 0. The third kappa shape index (κ3) is 6.89. The second-order valence-corrected chi connectivity index (χ2v) is 6.61. The Morgan fingerprint density at radius 3 is 1.67 bits per heavy atom. The Labute approximate surface area is 114 Å². The SMILES string of the molecule is CC.CC.COP(C)(=O)N1CCN(C(C)C)CC1. The van der Waals surface area contributed by atoms with Crippen molar-refractivity contribution >= 4 is 7.52 Å². The van der Waals surface area contributed by atoms with Gasteiger partial charge in [0.25, 0.3) is 7.52 Å². The van der Waals surface area contributed by atoms with Crippen molar-refractivity contribution in [3.8, 4) is 0 Å². The molecule has 5 heteroatoms. The zero-order valence-corrected chi connectivity index (χ0v) is 14.5. The van der Waals surface area contributed by atoms with Crippen LogP contribution in [0.3, 0.4) is 0 Å². The van der Waals surface area contributed by atoms with E-state index in [2.05, 4.69) is 18.7 Å². The normalized spacial score (nSPS) is 20.3. The fraction of sp³-hybridized carbons (Fsp3) is 1.00. The van der Waals surface area contributed by atoms with Gasteiger partial charge in [-0.25, -0.2) is 4.67 Å². The van der Waals surface area contributed by atoms with Gasteiger partial charge in [-0.3, -0.25) is 9.46 Å². The van der Waals surface area contributed by atoms with E-state index in [4.69, 9.17) is 4.52 Å². The predicted molar refractivity (Wildman–Crippen MR) is 81.5 cm³/mol. The maximum absolute atomic E-state index is 11.9. The molecule has 1 saturated heterocycles. The molecule has 0 aromatic heterocycles. The van der Waals surface area contributed by atoms with Crippen molar-refractivity contribution in [2.24, 2.45) is 0 Å². The summed E-state index contributed by atoms with van der Waals surface area (Å²) in [5, 5.41) is 0. The van der Waals surface area contributed by atoms with Gasteiger partial charge in [-0.2, -0.15) is 0 Å². The smallest absolute Gasteiger partial charge is 0.269 e. The summed E-state index contributed by atoms with van der Waals surface area (Å²) in [6.07, 6.45) is 0. The Hall–Kier alpha value is 0.110. The Kier molecular flexibility index (Phi) is 12.5. The van der Waals surface area contributed by atoms with Crippen molar-refractivity contribution < 1.29 is 9.09 Å². The molecule has 1 aliphatic rings. The molecular weight excluding hydrogens is 247 g/mol. The molecule has 0 aromatic rings. The van der Waals surface area contributed by atoms with Gasteiger partial charge in [-0.05, 0) is 13.8 Å². The molecule has 0 N–H and O–H groups in total. The van der Waals surface area contributed by atoms with Gasteiger partial charge in [-0.1, -0.05) is 27.7 Å². The van der Waals surface area contributed by atoms with Gasteiger partial charge in [0.05, 0.1) is 0 Å². The van der Waals surface area contributed by atoms with Crippen LogP contribution in [0, 0.1) is 0 Å². The fourth-order valence-electron chi connectivity index (χ4n) is 1.71. The summed E-state index contributed by atoms with van der Waals surface area (Å²) < 4.78 is 18.9. The van der Waals surface area contributed by atoms with E-state index in [1.807, 2.05) is 32.4 Å². The van der Waals surface area contributed by atoms with Crippen LogP contribution in [0.15, 0.2) is 0 Å². The van der Waals surface area contributed by atoms with E-state index in [0.717, 1.165) is 26.2 Å². The van der Waals surface area contributed by atoms with E-state index >= 15 is 0 Å². The summed E-state index contributed by atoms with van der Waals surface area (Å²) in [5.74, 6) is 0. The Bertz CT molecular complexity index is 227. The lowest BCUT2D eigenvalue weighted by Gasteiger charge is -2.38. The van der Waals surface area contributed by atoms with E-state index in [0.29, 0.717) is 6.04 Å². The highest BCUT2D eigenvalue weighted by Gasteiger charge is 2.29. The summed E-state index contributed by atoms with van der Waals surface area (Å²) in [6, 6.07) is 0.580.